The molecule has 84 valence electrons. The van der Waals surface area contributed by atoms with Crippen LogP contribution in [-0.2, 0) is 0 Å². The van der Waals surface area contributed by atoms with Gasteiger partial charge in [0.15, 0.2) is 5.82 Å². The monoisotopic (exact) mass is 225 g/mol. The van der Waals surface area contributed by atoms with E-state index in [0.29, 0.717) is 11.6 Å². The Labute approximate surface area is 97.5 Å². The number of rotatable bonds is 1. The number of nitrogens with one attached hydrogen (secondary N) is 1. The number of H-pyrrole nitrogens is 1. The quantitative estimate of drug-likeness (QED) is 0.588. The summed E-state index contributed by atoms with van der Waals surface area (Å²) in [6, 6.07) is 9.72. The van der Waals surface area contributed by atoms with Gasteiger partial charge in [0.2, 0.25) is 0 Å². The van der Waals surface area contributed by atoms with E-state index in [4.69, 9.17) is 11.5 Å². The predicted octanol–water partition coefficient (Wildman–Crippen LogP) is 1.79. The van der Waals surface area contributed by atoms with Crippen LogP contribution >= 0.6 is 0 Å². The van der Waals surface area contributed by atoms with Crippen LogP contribution in [0.4, 0.5) is 11.6 Å². The minimum atomic E-state index is 0.361. The standard InChI is InChI=1S/C12H11N5/c13-11-5-8(12(14)17-16-11)9-6-15-10-4-2-1-3-7(9)10/h1-6,15H,(H2,13,16)(H2,14,17). The van der Waals surface area contributed by atoms with Crippen LogP contribution in [-0.4, -0.2) is 15.2 Å². The fourth-order valence-electron chi connectivity index (χ4n) is 1.93. The summed E-state index contributed by atoms with van der Waals surface area (Å²) in [6.45, 7) is 0. The van der Waals surface area contributed by atoms with Gasteiger partial charge in [-0.2, -0.15) is 0 Å². The van der Waals surface area contributed by atoms with E-state index in [9.17, 15) is 0 Å². The van der Waals surface area contributed by atoms with Crippen molar-refractivity contribution in [2.45, 2.75) is 0 Å². The zero-order chi connectivity index (χ0) is 11.8. The van der Waals surface area contributed by atoms with Gasteiger partial charge in [0.1, 0.15) is 5.82 Å². The minimum absolute atomic E-state index is 0.361. The van der Waals surface area contributed by atoms with Gasteiger partial charge in [-0.1, -0.05) is 18.2 Å². The van der Waals surface area contributed by atoms with Crippen LogP contribution < -0.4 is 11.5 Å². The molecule has 0 aliphatic heterocycles. The first kappa shape index (κ1) is 9.65. The summed E-state index contributed by atoms with van der Waals surface area (Å²) in [4.78, 5) is 3.19. The van der Waals surface area contributed by atoms with E-state index in [0.717, 1.165) is 22.0 Å². The average molecular weight is 225 g/mol. The van der Waals surface area contributed by atoms with E-state index in [1.807, 2.05) is 30.5 Å². The highest BCUT2D eigenvalue weighted by atomic mass is 15.2. The number of anilines is 2. The molecule has 0 radical (unpaired) electrons. The number of benzene rings is 1. The van der Waals surface area contributed by atoms with Crippen molar-refractivity contribution >= 4 is 22.5 Å². The Morgan fingerprint density at radius 3 is 2.71 bits per heavy atom. The second-order valence-electron chi connectivity index (χ2n) is 3.82. The van der Waals surface area contributed by atoms with Crippen LogP contribution in [0.15, 0.2) is 36.5 Å². The van der Waals surface area contributed by atoms with Gasteiger partial charge < -0.3 is 16.5 Å². The molecule has 3 aromatic rings. The van der Waals surface area contributed by atoms with Crippen molar-refractivity contribution < 1.29 is 0 Å². The number of nitrogen functional groups attached to an aromatic ring is 2. The number of fused-ring (bicyclic) bond motifs is 1. The Morgan fingerprint density at radius 1 is 1.00 bits per heavy atom. The molecule has 5 N–H and O–H groups in total. The number of hydrogen-bond donors (Lipinski definition) is 3. The van der Waals surface area contributed by atoms with Crippen molar-refractivity contribution in [2.24, 2.45) is 0 Å². The van der Waals surface area contributed by atoms with Crippen LogP contribution in [0.25, 0.3) is 22.0 Å². The fourth-order valence-corrected chi connectivity index (χ4v) is 1.93. The van der Waals surface area contributed by atoms with Gasteiger partial charge in [0.25, 0.3) is 0 Å². The Balaban J connectivity index is 2.31. The molecule has 17 heavy (non-hydrogen) atoms. The number of aromatic amines is 1. The SMILES string of the molecule is Nc1cc(-c2c[nH]c3ccccc23)c(N)nn1. The molecule has 0 aliphatic rings. The average Bonchev–Trinajstić information content (AvgIpc) is 2.76. The molecule has 0 fully saturated rings. The molecule has 0 saturated carbocycles. The lowest BCUT2D eigenvalue weighted by atomic mass is 10.1. The zero-order valence-corrected chi connectivity index (χ0v) is 9.01. The lowest BCUT2D eigenvalue weighted by Crippen LogP contribution is -2.00. The van der Waals surface area contributed by atoms with Crippen LogP contribution in [0.1, 0.15) is 0 Å². The second-order valence-corrected chi connectivity index (χ2v) is 3.82. The Kier molecular flexibility index (Phi) is 1.98. The first-order valence-electron chi connectivity index (χ1n) is 5.21. The minimum Gasteiger partial charge on any atom is -0.382 e. The lowest BCUT2D eigenvalue weighted by Gasteiger charge is -2.03. The molecular formula is C12H11N5. The zero-order valence-electron chi connectivity index (χ0n) is 9.01. The first-order valence-corrected chi connectivity index (χ1v) is 5.21. The third kappa shape index (κ3) is 1.48. The molecule has 2 aromatic heterocycles. The highest BCUT2D eigenvalue weighted by Crippen LogP contribution is 2.31. The molecule has 0 unspecified atom stereocenters. The van der Waals surface area contributed by atoms with Crippen molar-refractivity contribution in [1.29, 1.82) is 0 Å². The Bertz CT molecular complexity index is 686. The number of para-hydroxylation sites is 1. The van der Waals surface area contributed by atoms with Crippen LogP contribution in [0.3, 0.4) is 0 Å². The molecule has 1 aromatic carbocycles. The molecule has 0 saturated heterocycles. The molecule has 2 heterocycles. The predicted molar refractivity (Wildman–Crippen MR) is 68.1 cm³/mol. The summed E-state index contributed by atoms with van der Waals surface area (Å²) in [7, 11) is 0. The lowest BCUT2D eigenvalue weighted by molar-refractivity contribution is 1.06. The van der Waals surface area contributed by atoms with Crippen LogP contribution in [0.2, 0.25) is 0 Å². The summed E-state index contributed by atoms with van der Waals surface area (Å²) < 4.78 is 0. The number of aromatic nitrogens is 3. The van der Waals surface area contributed by atoms with E-state index in [1.165, 1.54) is 0 Å². The highest BCUT2D eigenvalue weighted by molar-refractivity contribution is 5.98. The maximum atomic E-state index is 5.83. The van der Waals surface area contributed by atoms with Crippen molar-refractivity contribution in [2.75, 3.05) is 11.5 Å². The molecule has 0 spiro atoms. The van der Waals surface area contributed by atoms with Gasteiger partial charge in [0, 0.05) is 28.2 Å². The molecule has 5 heteroatoms. The normalized spacial score (nSPS) is 10.8. The van der Waals surface area contributed by atoms with Gasteiger partial charge in [-0.05, 0) is 12.1 Å². The van der Waals surface area contributed by atoms with E-state index >= 15 is 0 Å². The molecule has 0 amide bonds. The Morgan fingerprint density at radius 2 is 1.82 bits per heavy atom. The van der Waals surface area contributed by atoms with Crippen molar-refractivity contribution in [3.8, 4) is 11.1 Å². The van der Waals surface area contributed by atoms with E-state index < -0.39 is 0 Å². The largest absolute Gasteiger partial charge is 0.382 e. The van der Waals surface area contributed by atoms with Crippen LogP contribution in [0, 0.1) is 0 Å². The Hall–Kier alpha value is -2.56. The van der Waals surface area contributed by atoms with E-state index in [1.54, 1.807) is 6.07 Å². The summed E-state index contributed by atoms with van der Waals surface area (Å²) in [6.07, 6.45) is 1.90. The van der Waals surface area contributed by atoms with E-state index in [2.05, 4.69) is 15.2 Å². The van der Waals surface area contributed by atoms with Crippen LogP contribution in [0.5, 0.6) is 0 Å². The van der Waals surface area contributed by atoms with Crippen molar-refractivity contribution in [3.05, 3.63) is 36.5 Å². The maximum Gasteiger partial charge on any atom is 0.154 e. The van der Waals surface area contributed by atoms with E-state index in [-0.39, 0.29) is 0 Å². The topological polar surface area (TPSA) is 93.6 Å². The molecule has 0 atom stereocenters. The fraction of sp³-hybridized carbons (Fsp3) is 0. The maximum absolute atomic E-state index is 5.83. The molecule has 3 rings (SSSR count). The summed E-state index contributed by atoms with van der Waals surface area (Å²) in [5, 5.41) is 8.64. The number of nitrogens with zero attached hydrogens (tertiary/aromatic N) is 2. The molecule has 0 bridgehead atoms. The van der Waals surface area contributed by atoms with Crippen molar-refractivity contribution in [1.82, 2.24) is 15.2 Å². The summed E-state index contributed by atoms with van der Waals surface area (Å²) in [5.74, 6) is 0.739. The van der Waals surface area contributed by atoms with Crippen molar-refractivity contribution in [3.63, 3.8) is 0 Å². The van der Waals surface area contributed by atoms with Gasteiger partial charge >= 0.3 is 0 Å². The number of hydrogen-bond acceptors (Lipinski definition) is 4. The smallest absolute Gasteiger partial charge is 0.154 e. The third-order valence-electron chi connectivity index (χ3n) is 2.72. The third-order valence-corrected chi connectivity index (χ3v) is 2.72. The number of nitrogens with two attached hydrogens (primary N) is 2. The molecule has 5 nitrogen and oxygen atoms in total. The van der Waals surface area contributed by atoms with Gasteiger partial charge in [-0.3, -0.25) is 0 Å². The van der Waals surface area contributed by atoms with Gasteiger partial charge in [-0.15, -0.1) is 10.2 Å². The second kappa shape index (κ2) is 3.48. The first-order chi connectivity index (χ1) is 8.25. The summed E-state index contributed by atoms with van der Waals surface area (Å²) >= 11 is 0. The highest BCUT2D eigenvalue weighted by Gasteiger charge is 2.10. The van der Waals surface area contributed by atoms with Gasteiger partial charge in [0.05, 0.1) is 0 Å². The summed E-state index contributed by atoms with van der Waals surface area (Å²) in [5.41, 5.74) is 14.3. The molecule has 0 aliphatic carbocycles. The van der Waals surface area contributed by atoms with Gasteiger partial charge in [-0.25, -0.2) is 0 Å². The molecular weight excluding hydrogens is 214 g/mol.